The number of carbonyl (C=O) groups is 2. The molecular formula is C26H28N2O7. The Balaban J connectivity index is 1.95. The number of benzene rings is 2. The number of hydrogen-bond acceptors (Lipinski definition) is 8. The summed E-state index contributed by atoms with van der Waals surface area (Å²) in [5, 5.41) is 14.0. The molecule has 0 saturated heterocycles. The topological polar surface area (TPSA) is 117 Å². The number of esters is 2. The lowest BCUT2D eigenvalue weighted by atomic mass is 9.80. The maximum absolute atomic E-state index is 12.9. The molecule has 0 unspecified atom stereocenters. The number of allylic oxidation sites excluding steroid dienone is 2. The molecule has 35 heavy (non-hydrogen) atoms. The molecule has 184 valence electrons. The molecule has 2 aromatic carbocycles. The van der Waals surface area contributed by atoms with Gasteiger partial charge in [0.15, 0.2) is 0 Å². The van der Waals surface area contributed by atoms with E-state index in [1.54, 1.807) is 58.0 Å². The van der Waals surface area contributed by atoms with Crippen molar-refractivity contribution >= 4 is 17.6 Å². The number of nitrogens with one attached hydrogen (secondary N) is 1. The lowest BCUT2D eigenvalue weighted by Crippen LogP contribution is -2.32. The van der Waals surface area contributed by atoms with Crippen molar-refractivity contribution in [2.45, 2.75) is 40.2 Å². The van der Waals surface area contributed by atoms with Crippen LogP contribution in [0.15, 0.2) is 71.1 Å². The lowest BCUT2D eigenvalue weighted by molar-refractivity contribution is -0.384. The SMILES string of the molecule is CCOC(=O)C1=C(C)NC(C)=C(C(=O)OCC)C1c1cccc(OCc2ccc([N+](=O)[O-])cc2)c1. The molecule has 0 fully saturated rings. The summed E-state index contributed by atoms with van der Waals surface area (Å²) < 4.78 is 16.5. The molecule has 1 aliphatic rings. The van der Waals surface area contributed by atoms with Crippen LogP contribution in [0.2, 0.25) is 0 Å². The first-order valence-corrected chi connectivity index (χ1v) is 11.3. The van der Waals surface area contributed by atoms with Gasteiger partial charge < -0.3 is 19.5 Å². The second-order valence-electron chi connectivity index (χ2n) is 7.86. The molecule has 9 nitrogen and oxygen atoms in total. The van der Waals surface area contributed by atoms with Crippen LogP contribution in [0.4, 0.5) is 5.69 Å². The van der Waals surface area contributed by atoms with E-state index in [1.165, 1.54) is 12.1 Å². The molecule has 0 atom stereocenters. The average Bonchev–Trinajstić information content (AvgIpc) is 2.83. The summed E-state index contributed by atoms with van der Waals surface area (Å²) in [7, 11) is 0. The third kappa shape index (κ3) is 5.87. The van der Waals surface area contributed by atoms with Crippen molar-refractivity contribution in [1.82, 2.24) is 5.32 Å². The fourth-order valence-corrected chi connectivity index (χ4v) is 3.95. The van der Waals surface area contributed by atoms with E-state index in [-0.39, 0.29) is 25.5 Å². The monoisotopic (exact) mass is 480 g/mol. The van der Waals surface area contributed by atoms with E-state index < -0.39 is 22.8 Å². The third-order valence-electron chi connectivity index (χ3n) is 5.50. The molecule has 0 saturated carbocycles. The van der Waals surface area contributed by atoms with Gasteiger partial charge in [-0.05, 0) is 63.1 Å². The van der Waals surface area contributed by atoms with Crippen LogP contribution in [-0.2, 0) is 25.7 Å². The Morgan fingerprint density at radius 1 is 0.943 bits per heavy atom. The van der Waals surface area contributed by atoms with Crippen molar-refractivity contribution in [3.63, 3.8) is 0 Å². The van der Waals surface area contributed by atoms with Crippen LogP contribution < -0.4 is 10.1 Å². The normalized spacial score (nSPS) is 13.8. The summed E-state index contributed by atoms with van der Waals surface area (Å²) in [5.74, 6) is -1.23. The highest BCUT2D eigenvalue weighted by atomic mass is 16.6. The first kappa shape index (κ1) is 25.5. The Labute approximate surface area is 203 Å². The van der Waals surface area contributed by atoms with Crippen LogP contribution in [0.1, 0.15) is 44.7 Å². The number of rotatable bonds is 9. The minimum atomic E-state index is -0.711. The molecule has 1 heterocycles. The van der Waals surface area contributed by atoms with Gasteiger partial charge in [0, 0.05) is 23.5 Å². The maximum Gasteiger partial charge on any atom is 0.336 e. The van der Waals surface area contributed by atoms with Gasteiger partial charge in [-0.25, -0.2) is 9.59 Å². The Hall–Kier alpha value is -4.14. The van der Waals surface area contributed by atoms with Crippen molar-refractivity contribution in [2.24, 2.45) is 0 Å². The van der Waals surface area contributed by atoms with E-state index >= 15 is 0 Å². The van der Waals surface area contributed by atoms with Crippen molar-refractivity contribution < 1.29 is 28.7 Å². The van der Waals surface area contributed by atoms with Crippen LogP contribution in [0.3, 0.4) is 0 Å². The van der Waals surface area contributed by atoms with E-state index in [0.29, 0.717) is 33.9 Å². The van der Waals surface area contributed by atoms with Gasteiger partial charge in [-0.1, -0.05) is 12.1 Å². The Bertz CT molecular complexity index is 1140. The van der Waals surface area contributed by atoms with E-state index in [0.717, 1.165) is 5.56 Å². The number of carbonyl (C=O) groups excluding carboxylic acids is 2. The molecule has 3 rings (SSSR count). The van der Waals surface area contributed by atoms with Crippen LogP contribution in [0, 0.1) is 10.1 Å². The van der Waals surface area contributed by atoms with Crippen molar-refractivity contribution in [3.8, 4) is 5.75 Å². The Morgan fingerprint density at radius 3 is 2.03 bits per heavy atom. The Kier molecular flexibility index (Phi) is 8.25. The number of nitrogens with zero attached hydrogens (tertiary/aromatic N) is 1. The summed E-state index contributed by atoms with van der Waals surface area (Å²) in [6.07, 6.45) is 0. The average molecular weight is 481 g/mol. The molecule has 2 aromatic rings. The summed E-state index contributed by atoms with van der Waals surface area (Å²) >= 11 is 0. The van der Waals surface area contributed by atoms with Crippen molar-refractivity contribution in [3.05, 3.63) is 92.3 Å². The molecule has 0 aliphatic carbocycles. The predicted molar refractivity (Wildman–Crippen MR) is 128 cm³/mol. The fourth-order valence-electron chi connectivity index (χ4n) is 3.95. The molecule has 0 radical (unpaired) electrons. The molecule has 0 amide bonds. The molecule has 0 bridgehead atoms. The summed E-state index contributed by atoms with van der Waals surface area (Å²) in [4.78, 5) is 36.2. The minimum Gasteiger partial charge on any atom is -0.489 e. The molecule has 1 N–H and O–H groups in total. The largest absolute Gasteiger partial charge is 0.489 e. The third-order valence-corrected chi connectivity index (χ3v) is 5.50. The van der Waals surface area contributed by atoms with Gasteiger partial charge >= 0.3 is 11.9 Å². The second kappa shape index (κ2) is 11.3. The van der Waals surface area contributed by atoms with Gasteiger partial charge in [0.25, 0.3) is 5.69 Å². The number of dihydropyridines is 1. The van der Waals surface area contributed by atoms with E-state index in [1.807, 2.05) is 6.07 Å². The van der Waals surface area contributed by atoms with E-state index in [2.05, 4.69) is 5.32 Å². The van der Waals surface area contributed by atoms with E-state index in [9.17, 15) is 19.7 Å². The smallest absolute Gasteiger partial charge is 0.336 e. The number of hydrogen-bond donors (Lipinski definition) is 1. The van der Waals surface area contributed by atoms with E-state index in [4.69, 9.17) is 14.2 Å². The van der Waals surface area contributed by atoms with Gasteiger partial charge in [-0.3, -0.25) is 10.1 Å². The molecular weight excluding hydrogens is 452 g/mol. The van der Waals surface area contributed by atoms with Crippen molar-refractivity contribution in [1.29, 1.82) is 0 Å². The van der Waals surface area contributed by atoms with Gasteiger partial charge in [0.1, 0.15) is 12.4 Å². The molecule has 1 aliphatic heterocycles. The second-order valence-corrected chi connectivity index (χ2v) is 7.86. The quantitative estimate of drug-likeness (QED) is 0.316. The lowest BCUT2D eigenvalue weighted by Gasteiger charge is -2.30. The Morgan fingerprint density at radius 2 is 1.51 bits per heavy atom. The molecule has 0 aromatic heterocycles. The van der Waals surface area contributed by atoms with Crippen LogP contribution in [0.5, 0.6) is 5.75 Å². The summed E-state index contributed by atoms with van der Waals surface area (Å²) in [5.41, 5.74) is 3.27. The van der Waals surface area contributed by atoms with Crippen LogP contribution in [-0.4, -0.2) is 30.1 Å². The van der Waals surface area contributed by atoms with Gasteiger partial charge in [-0.15, -0.1) is 0 Å². The van der Waals surface area contributed by atoms with Crippen LogP contribution >= 0.6 is 0 Å². The molecule has 0 spiro atoms. The number of non-ortho nitro benzene ring substituents is 1. The minimum absolute atomic E-state index is 0.00367. The highest BCUT2D eigenvalue weighted by molar-refractivity contribution is 5.99. The van der Waals surface area contributed by atoms with Gasteiger partial charge in [-0.2, -0.15) is 0 Å². The zero-order valence-corrected chi connectivity index (χ0v) is 20.1. The predicted octanol–water partition coefficient (Wildman–Crippen LogP) is 4.53. The standard InChI is InChI=1S/C26H28N2O7/c1-5-33-25(29)22-16(3)27-17(4)23(26(30)34-6-2)24(22)19-8-7-9-21(14-19)35-15-18-10-12-20(13-11-18)28(31)32/h7-14,24,27H,5-6,15H2,1-4H3. The van der Waals surface area contributed by atoms with Crippen LogP contribution in [0.25, 0.3) is 0 Å². The summed E-state index contributed by atoms with van der Waals surface area (Å²) in [6.45, 7) is 7.54. The first-order valence-electron chi connectivity index (χ1n) is 11.3. The zero-order chi connectivity index (χ0) is 25.5. The number of nitro groups is 1. The van der Waals surface area contributed by atoms with Gasteiger partial charge in [0.2, 0.25) is 0 Å². The number of ether oxygens (including phenoxy) is 3. The zero-order valence-electron chi connectivity index (χ0n) is 20.1. The highest BCUT2D eigenvalue weighted by Crippen LogP contribution is 2.40. The first-order chi connectivity index (χ1) is 16.8. The molecule has 9 heteroatoms. The fraction of sp³-hybridized carbons (Fsp3) is 0.308. The van der Waals surface area contributed by atoms with Crippen molar-refractivity contribution in [2.75, 3.05) is 13.2 Å². The summed E-state index contributed by atoms with van der Waals surface area (Å²) in [6, 6.07) is 13.2. The van der Waals surface area contributed by atoms with Gasteiger partial charge in [0.05, 0.1) is 35.2 Å². The maximum atomic E-state index is 12.9. The highest BCUT2D eigenvalue weighted by Gasteiger charge is 2.38. The number of nitro benzene ring substituents is 1.